The summed E-state index contributed by atoms with van der Waals surface area (Å²) in [5.74, 6) is 0. The van der Waals surface area contributed by atoms with Gasteiger partial charge in [0.1, 0.15) is 0 Å². The molecule has 0 aliphatic carbocycles. The minimum Gasteiger partial charge on any atom is -0.314 e. The second-order valence-corrected chi connectivity index (χ2v) is 6.02. The molecule has 0 amide bonds. The number of aromatic nitrogens is 1. The van der Waals surface area contributed by atoms with E-state index in [1.165, 1.54) is 9.75 Å². The minimum atomic E-state index is 0.520. The van der Waals surface area contributed by atoms with Crippen LogP contribution in [0.1, 0.15) is 22.4 Å². The van der Waals surface area contributed by atoms with Crippen molar-refractivity contribution in [2.24, 2.45) is 0 Å². The molecule has 1 atom stereocenters. The van der Waals surface area contributed by atoms with Crippen LogP contribution >= 0.6 is 11.3 Å². The van der Waals surface area contributed by atoms with Crippen LogP contribution in [0, 0.1) is 6.92 Å². The van der Waals surface area contributed by atoms with Gasteiger partial charge in [0.25, 0.3) is 0 Å². The van der Waals surface area contributed by atoms with E-state index in [4.69, 9.17) is 0 Å². The molecule has 0 saturated carbocycles. The highest BCUT2D eigenvalue weighted by molar-refractivity contribution is 7.11. The summed E-state index contributed by atoms with van der Waals surface area (Å²) in [6.45, 7) is 5.39. The van der Waals surface area contributed by atoms with Crippen molar-refractivity contribution in [3.63, 3.8) is 0 Å². The predicted octanol–water partition coefficient (Wildman–Crippen LogP) is 3.21. The minimum absolute atomic E-state index is 0.520. The third-order valence-corrected chi connectivity index (χ3v) is 3.93. The first kappa shape index (κ1) is 13.2. The Labute approximate surface area is 113 Å². The van der Waals surface area contributed by atoms with Crippen molar-refractivity contribution in [1.82, 2.24) is 10.3 Å². The van der Waals surface area contributed by atoms with Gasteiger partial charge in [-0.3, -0.25) is 4.98 Å². The third-order valence-electron chi connectivity index (χ3n) is 2.90. The second kappa shape index (κ2) is 6.66. The maximum absolute atomic E-state index is 4.32. The third kappa shape index (κ3) is 4.24. The molecule has 0 radical (unpaired) electrons. The number of rotatable bonds is 6. The number of hydrogen-bond acceptors (Lipinski definition) is 3. The summed E-state index contributed by atoms with van der Waals surface area (Å²) in [5.41, 5.74) is 1.16. The van der Waals surface area contributed by atoms with Crippen LogP contribution in [-0.4, -0.2) is 17.6 Å². The molecule has 0 aromatic carbocycles. The highest BCUT2D eigenvalue weighted by Crippen LogP contribution is 2.16. The molecule has 2 nitrogen and oxygen atoms in total. The summed E-state index contributed by atoms with van der Waals surface area (Å²) in [5, 5.41) is 3.56. The zero-order valence-corrected chi connectivity index (χ0v) is 11.8. The van der Waals surface area contributed by atoms with Gasteiger partial charge < -0.3 is 5.32 Å². The van der Waals surface area contributed by atoms with Crippen LogP contribution in [0.15, 0.2) is 36.5 Å². The molecular weight excluding hydrogens is 240 g/mol. The normalized spacial score (nSPS) is 12.6. The van der Waals surface area contributed by atoms with Gasteiger partial charge in [-0.1, -0.05) is 6.07 Å². The first-order chi connectivity index (χ1) is 8.74. The van der Waals surface area contributed by atoms with E-state index < -0.39 is 0 Å². The smallest absolute Gasteiger partial charge is 0.0416 e. The molecule has 3 heteroatoms. The molecule has 2 heterocycles. The van der Waals surface area contributed by atoms with E-state index in [9.17, 15) is 0 Å². The molecule has 1 N–H and O–H groups in total. The Bertz CT molecular complexity index is 464. The fourth-order valence-corrected chi connectivity index (χ4v) is 2.98. The van der Waals surface area contributed by atoms with Crippen molar-refractivity contribution in [2.45, 2.75) is 32.7 Å². The van der Waals surface area contributed by atoms with E-state index >= 15 is 0 Å². The average Bonchev–Trinajstić information content (AvgIpc) is 2.76. The largest absolute Gasteiger partial charge is 0.314 e. The van der Waals surface area contributed by atoms with Crippen molar-refractivity contribution < 1.29 is 0 Å². The van der Waals surface area contributed by atoms with E-state index in [0.717, 1.165) is 25.1 Å². The molecule has 0 bridgehead atoms. The lowest BCUT2D eigenvalue weighted by atomic mass is 10.2. The highest BCUT2D eigenvalue weighted by atomic mass is 32.1. The first-order valence-corrected chi connectivity index (χ1v) is 7.24. The number of thiophene rings is 1. The molecule has 18 heavy (non-hydrogen) atoms. The summed E-state index contributed by atoms with van der Waals surface area (Å²) in [6.07, 6.45) is 3.96. The van der Waals surface area contributed by atoms with Gasteiger partial charge in [0.05, 0.1) is 0 Å². The lowest BCUT2D eigenvalue weighted by molar-refractivity contribution is 0.549. The summed E-state index contributed by atoms with van der Waals surface area (Å²) in [6, 6.07) is 11.0. The monoisotopic (exact) mass is 260 g/mol. The molecular formula is C15H20N2S. The molecule has 0 fully saturated rings. The Morgan fingerprint density at radius 3 is 2.83 bits per heavy atom. The van der Waals surface area contributed by atoms with Gasteiger partial charge >= 0.3 is 0 Å². The SMILES string of the molecule is Cc1ccc(CC(C)NCCc2ccccn2)s1. The highest BCUT2D eigenvalue weighted by Gasteiger charge is 2.04. The van der Waals surface area contributed by atoms with Gasteiger partial charge in [0, 0.05) is 40.7 Å². The van der Waals surface area contributed by atoms with Crippen molar-refractivity contribution >= 4 is 11.3 Å². The summed E-state index contributed by atoms with van der Waals surface area (Å²) >= 11 is 1.89. The van der Waals surface area contributed by atoms with Crippen molar-refractivity contribution in [3.8, 4) is 0 Å². The van der Waals surface area contributed by atoms with E-state index in [1.54, 1.807) is 0 Å². The molecule has 2 aromatic heterocycles. The van der Waals surface area contributed by atoms with Gasteiger partial charge in [-0.05, 0) is 44.5 Å². The molecule has 2 aromatic rings. The van der Waals surface area contributed by atoms with Crippen LogP contribution in [0.5, 0.6) is 0 Å². The number of nitrogens with one attached hydrogen (secondary N) is 1. The van der Waals surface area contributed by atoms with E-state index in [1.807, 2.05) is 29.7 Å². The summed E-state index contributed by atoms with van der Waals surface area (Å²) < 4.78 is 0. The molecule has 0 aliphatic rings. The Morgan fingerprint density at radius 2 is 2.17 bits per heavy atom. The van der Waals surface area contributed by atoms with Crippen LogP contribution in [0.3, 0.4) is 0 Å². The average molecular weight is 260 g/mol. The van der Waals surface area contributed by atoms with Crippen LogP contribution in [0.4, 0.5) is 0 Å². The molecule has 96 valence electrons. The Balaban J connectivity index is 1.70. The number of nitrogens with zero attached hydrogens (tertiary/aromatic N) is 1. The fourth-order valence-electron chi connectivity index (χ4n) is 1.96. The predicted molar refractivity (Wildman–Crippen MR) is 78.2 cm³/mol. The van der Waals surface area contributed by atoms with Crippen molar-refractivity contribution in [2.75, 3.05) is 6.54 Å². The van der Waals surface area contributed by atoms with Gasteiger partial charge in [-0.15, -0.1) is 11.3 Å². The molecule has 0 spiro atoms. The Kier molecular flexibility index (Phi) is 4.90. The second-order valence-electron chi connectivity index (χ2n) is 4.64. The molecule has 2 rings (SSSR count). The molecule has 1 unspecified atom stereocenters. The Hall–Kier alpha value is -1.19. The van der Waals surface area contributed by atoms with E-state index in [2.05, 4.69) is 42.3 Å². The van der Waals surface area contributed by atoms with Crippen molar-refractivity contribution in [1.29, 1.82) is 0 Å². The lowest BCUT2D eigenvalue weighted by Crippen LogP contribution is -2.29. The maximum Gasteiger partial charge on any atom is 0.0416 e. The zero-order chi connectivity index (χ0) is 12.8. The van der Waals surface area contributed by atoms with Gasteiger partial charge in [0.2, 0.25) is 0 Å². The molecule has 0 aliphatic heterocycles. The van der Waals surface area contributed by atoms with E-state index in [0.29, 0.717) is 6.04 Å². The van der Waals surface area contributed by atoms with Crippen molar-refractivity contribution in [3.05, 3.63) is 52.0 Å². The summed E-state index contributed by atoms with van der Waals surface area (Å²) in [7, 11) is 0. The summed E-state index contributed by atoms with van der Waals surface area (Å²) in [4.78, 5) is 7.18. The fraction of sp³-hybridized carbons (Fsp3) is 0.400. The Morgan fingerprint density at radius 1 is 1.28 bits per heavy atom. The topological polar surface area (TPSA) is 24.9 Å². The van der Waals surface area contributed by atoms with Crippen LogP contribution in [0.25, 0.3) is 0 Å². The number of pyridine rings is 1. The van der Waals surface area contributed by atoms with Crippen LogP contribution in [-0.2, 0) is 12.8 Å². The van der Waals surface area contributed by atoms with E-state index in [-0.39, 0.29) is 0 Å². The van der Waals surface area contributed by atoms with Gasteiger partial charge in [0.15, 0.2) is 0 Å². The number of aryl methyl sites for hydroxylation is 1. The quantitative estimate of drug-likeness (QED) is 0.862. The zero-order valence-electron chi connectivity index (χ0n) is 11.0. The van der Waals surface area contributed by atoms with Gasteiger partial charge in [-0.2, -0.15) is 0 Å². The standard InChI is InChI=1S/C15H20N2S/c1-12(11-15-7-6-13(2)18-15)16-10-8-14-5-3-4-9-17-14/h3-7,9,12,16H,8,10-11H2,1-2H3. The first-order valence-electron chi connectivity index (χ1n) is 6.42. The number of hydrogen-bond donors (Lipinski definition) is 1. The van der Waals surface area contributed by atoms with Gasteiger partial charge in [-0.25, -0.2) is 0 Å². The van der Waals surface area contributed by atoms with Crippen LogP contribution in [0.2, 0.25) is 0 Å². The molecule has 0 saturated heterocycles. The maximum atomic E-state index is 4.32. The van der Waals surface area contributed by atoms with Crippen LogP contribution < -0.4 is 5.32 Å². The lowest BCUT2D eigenvalue weighted by Gasteiger charge is -2.12.